The summed E-state index contributed by atoms with van der Waals surface area (Å²) in [5, 5.41) is 3.17. The Bertz CT molecular complexity index is 574. The molecule has 0 unspecified atom stereocenters. The summed E-state index contributed by atoms with van der Waals surface area (Å²) >= 11 is 0. The maximum absolute atomic E-state index is 12.5. The summed E-state index contributed by atoms with van der Waals surface area (Å²) in [5.74, 6) is 0.648. The molecule has 1 aliphatic carbocycles. The van der Waals surface area contributed by atoms with Gasteiger partial charge in [0.25, 0.3) is 0 Å². The topological polar surface area (TPSA) is 49.4 Å². The number of hydrogen-bond acceptors (Lipinski definition) is 2. The van der Waals surface area contributed by atoms with Gasteiger partial charge in [-0.25, -0.2) is 0 Å². The fraction of sp³-hybridized carbons (Fsp3) is 0.579. The van der Waals surface area contributed by atoms with Gasteiger partial charge in [-0.15, -0.1) is 0 Å². The van der Waals surface area contributed by atoms with Gasteiger partial charge in [0.1, 0.15) is 0 Å². The van der Waals surface area contributed by atoms with E-state index < -0.39 is 0 Å². The van der Waals surface area contributed by atoms with Crippen molar-refractivity contribution in [2.24, 2.45) is 11.8 Å². The van der Waals surface area contributed by atoms with Crippen LogP contribution in [0.2, 0.25) is 0 Å². The second-order valence-corrected chi connectivity index (χ2v) is 7.21. The van der Waals surface area contributed by atoms with E-state index in [1.165, 1.54) is 18.4 Å². The third-order valence-corrected chi connectivity index (χ3v) is 5.20. The molecule has 1 aromatic carbocycles. The molecule has 0 spiro atoms. The quantitative estimate of drug-likeness (QED) is 0.932. The molecule has 0 aromatic heterocycles. The minimum Gasteiger partial charge on any atom is -0.353 e. The first kappa shape index (κ1) is 16.0. The third-order valence-electron chi connectivity index (χ3n) is 5.20. The minimum absolute atomic E-state index is 0.0475. The van der Waals surface area contributed by atoms with Gasteiger partial charge in [-0.2, -0.15) is 0 Å². The van der Waals surface area contributed by atoms with Crippen LogP contribution >= 0.6 is 0 Å². The van der Waals surface area contributed by atoms with Gasteiger partial charge >= 0.3 is 0 Å². The smallest absolute Gasteiger partial charge is 0.227 e. The first-order valence-electron chi connectivity index (χ1n) is 8.70. The normalized spacial score (nSPS) is 28.0. The van der Waals surface area contributed by atoms with Gasteiger partial charge < -0.3 is 10.2 Å². The van der Waals surface area contributed by atoms with Crippen molar-refractivity contribution < 1.29 is 9.59 Å². The van der Waals surface area contributed by atoms with E-state index in [0.717, 1.165) is 24.4 Å². The van der Waals surface area contributed by atoms with Crippen LogP contribution in [-0.4, -0.2) is 24.4 Å². The van der Waals surface area contributed by atoms with Crippen molar-refractivity contribution in [3.63, 3.8) is 0 Å². The monoisotopic (exact) mass is 314 g/mol. The number of benzene rings is 1. The van der Waals surface area contributed by atoms with E-state index in [2.05, 4.69) is 12.2 Å². The molecule has 1 aromatic rings. The fourth-order valence-electron chi connectivity index (χ4n) is 3.58. The first-order valence-corrected chi connectivity index (χ1v) is 8.70. The molecule has 1 aliphatic heterocycles. The highest BCUT2D eigenvalue weighted by atomic mass is 16.2. The predicted molar refractivity (Wildman–Crippen MR) is 91.2 cm³/mol. The van der Waals surface area contributed by atoms with E-state index in [-0.39, 0.29) is 17.7 Å². The molecule has 2 amide bonds. The number of nitrogens with zero attached hydrogens (tertiary/aromatic N) is 1. The zero-order valence-electron chi connectivity index (χ0n) is 14.0. The number of nitrogens with one attached hydrogen (secondary N) is 1. The van der Waals surface area contributed by atoms with E-state index in [1.807, 2.05) is 31.2 Å². The average Bonchev–Trinajstić information content (AvgIpc) is 2.92. The van der Waals surface area contributed by atoms with Crippen molar-refractivity contribution >= 4 is 17.5 Å². The van der Waals surface area contributed by atoms with E-state index in [4.69, 9.17) is 0 Å². The molecule has 4 heteroatoms. The van der Waals surface area contributed by atoms with Crippen molar-refractivity contribution in [2.45, 2.75) is 52.0 Å². The average molecular weight is 314 g/mol. The molecular weight excluding hydrogens is 288 g/mol. The van der Waals surface area contributed by atoms with Crippen molar-refractivity contribution in [1.29, 1.82) is 0 Å². The maximum Gasteiger partial charge on any atom is 0.227 e. The molecule has 1 saturated carbocycles. The van der Waals surface area contributed by atoms with Crippen LogP contribution in [0.1, 0.15) is 44.6 Å². The van der Waals surface area contributed by atoms with Gasteiger partial charge in [0, 0.05) is 24.7 Å². The Labute approximate surface area is 138 Å². The molecule has 1 heterocycles. The summed E-state index contributed by atoms with van der Waals surface area (Å²) in [5.41, 5.74) is 2.06. The molecule has 1 saturated heterocycles. The summed E-state index contributed by atoms with van der Waals surface area (Å²) in [6, 6.07) is 8.20. The predicted octanol–water partition coefficient (Wildman–Crippen LogP) is 3.04. The van der Waals surface area contributed by atoms with Crippen LogP contribution in [0.5, 0.6) is 0 Å². The molecule has 2 aliphatic rings. The van der Waals surface area contributed by atoms with E-state index >= 15 is 0 Å². The van der Waals surface area contributed by atoms with E-state index in [9.17, 15) is 9.59 Å². The zero-order chi connectivity index (χ0) is 16.4. The molecule has 124 valence electrons. The van der Waals surface area contributed by atoms with Crippen LogP contribution in [0.4, 0.5) is 5.69 Å². The number of rotatable bonds is 3. The number of amides is 2. The minimum atomic E-state index is -0.219. The summed E-state index contributed by atoms with van der Waals surface area (Å²) in [4.78, 5) is 26.5. The fourth-order valence-corrected chi connectivity index (χ4v) is 3.58. The number of anilines is 1. The molecule has 0 radical (unpaired) electrons. The molecule has 0 bridgehead atoms. The van der Waals surface area contributed by atoms with Crippen molar-refractivity contribution in [2.75, 3.05) is 11.4 Å². The molecule has 2 fully saturated rings. The number of hydrogen-bond donors (Lipinski definition) is 1. The molecule has 4 nitrogen and oxygen atoms in total. The first-order chi connectivity index (χ1) is 11.0. The Morgan fingerprint density at radius 3 is 2.43 bits per heavy atom. The van der Waals surface area contributed by atoms with Gasteiger partial charge in [0.05, 0.1) is 5.92 Å². The molecular formula is C19H26N2O2. The Kier molecular flexibility index (Phi) is 4.69. The Hall–Kier alpha value is -1.84. The standard InChI is InChI=1S/C19H26N2O2/c1-13-3-7-16(8-4-13)20-19(23)15-11-18(22)21(12-15)17-9-5-14(2)6-10-17/h5-6,9-10,13,15-16H,3-4,7-8,11-12H2,1-2H3,(H,20,23)/t13?,15-,16?/m0/s1. The zero-order valence-corrected chi connectivity index (χ0v) is 14.0. The number of aryl methyl sites for hydroxylation is 1. The maximum atomic E-state index is 12.5. The van der Waals surface area contributed by atoms with E-state index in [0.29, 0.717) is 19.0 Å². The third kappa shape index (κ3) is 3.74. The summed E-state index contributed by atoms with van der Waals surface area (Å²) in [7, 11) is 0. The van der Waals surface area contributed by atoms with Crippen LogP contribution in [0.15, 0.2) is 24.3 Å². The van der Waals surface area contributed by atoms with Gasteiger partial charge in [0.15, 0.2) is 0 Å². The summed E-state index contributed by atoms with van der Waals surface area (Å²) in [6.45, 7) is 4.79. The second kappa shape index (κ2) is 6.73. The van der Waals surface area contributed by atoms with Crippen LogP contribution in [0, 0.1) is 18.8 Å². The van der Waals surface area contributed by atoms with Crippen LogP contribution in [0.3, 0.4) is 0 Å². The lowest BCUT2D eigenvalue weighted by Crippen LogP contribution is -2.41. The lowest BCUT2D eigenvalue weighted by Gasteiger charge is -2.27. The van der Waals surface area contributed by atoms with Crippen LogP contribution in [0.25, 0.3) is 0 Å². The molecule has 23 heavy (non-hydrogen) atoms. The summed E-state index contributed by atoms with van der Waals surface area (Å²) in [6.07, 6.45) is 4.82. The summed E-state index contributed by atoms with van der Waals surface area (Å²) < 4.78 is 0. The number of carbonyl (C=O) groups excluding carboxylic acids is 2. The Morgan fingerprint density at radius 2 is 1.78 bits per heavy atom. The molecule has 1 atom stereocenters. The Morgan fingerprint density at radius 1 is 1.13 bits per heavy atom. The highest BCUT2D eigenvalue weighted by molar-refractivity contribution is 6.00. The largest absolute Gasteiger partial charge is 0.353 e. The highest BCUT2D eigenvalue weighted by Crippen LogP contribution is 2.27. The van der Waals surface area contributed by atoms with Crippen molar-refractivity contribution in [3.05, 3.63) is 29.8 Å². The highest BCUT2D eigenvalue weighted by Gasteiger charge is 2.36. The van der Waals surface area contributed by atoms with Gasteiger partial charge in [-0.3, -0.25) is 9.59 Å². The second-order valence-electron chi connectivity index (χ2n) is 7.21. The van der Waals surface area contributed by atoms with Crippen molar-refractivity contribution in [3.8, 4) is 0 Å². The Balaban J connectivity index is 1.58. The van der Waals surface area contributed by atoms with Crippen LogP contribution < -0.4 is 10.2 Å². The lowest BCUT2D eigenvalue weighted by atomic mass is 9.87. The number of carbonyl (C=O) groups is 2. The van der Waals surface area contributed by atoms with E-state index in [1.54, 1.807) is 4.90 Å². The van der Waals surface area contributed by atoms with Crippen molar-refractivity contribution in [1.82, 2.24) is 5.32 Å². The van der Waals surface area contributed by atoms with Crippen LogP contribution in [-0.2, 0) is 9.59 Å². The van der Waals surface area contributed by atoms with Gasteiger partial charge in [0.2, 0.25) is 11.8 Å². The van der Waals surface area contributed by atoms with Gasteiger partial charge in [-0.05, 0) is 50.7 Å². The lowest BCUT2D eigenvalue weighted by molar-refractivity contribution is -0.127. The van der Waals surface area contributed by atoms with Gasteiger partial charge in [-0.1, -0.05) is 24.6 Å². The molecule has 1 N–H and O–H groups in total. The molecule has 3 rings (SSSR count). The SMILES string of the molecule is Cc1ccc(N2C[C@@H](C(=O)NC3CCC(C)CC3)CC2=O)cc1.